The Morgan fingerprint density at radius 1 is 1.47 bits per heavy atom. The predicted molar refractivity (Wildman–Crippen MR) is 80.7 cm³/mol. The van der Waals surface area contributed by atoms with Gasteiger partial charge in [-0.25, -0.2) is 4.98 Å². The Labute approximate surface area is 118 Å². The molecule has 108 valence electrons. The lowest BCUT2D eigenvalue weighted by molar-refractivity contribution is 0.208. The summed E-state index contributed by atoms with van der Waals surface area (Å²) >= 11 is 1.54. The number of aromatic nitrogens is 1. The second-order valence-electron chi connectivity index (χ2n) is 4.13. The van der Waals surface area contributed by atoms with Crippen LogP contribution in [-0.4, -0.2) is 37.7 Å². The van der Waals surface area contributed by atoms with Crippen LogP contribution in [0.25, 0.3) is 0 Å². The molecule has 5 N–H and O–H groups in total. The number of methoxy groups -OCH3 is 1. The van der Waals surface area contributed by atoms with Crippen LogP contribution in [0, 0.1) is 0 Å². The molecule has 0 radical (unpaired) electrons. The molecule has 1 aromatic heterocycles. The molecule has 7 heteroatoms. The van der Waals surface area contributed by atoms with Gasteiger partial charge >= 0.3 is 0 Å². The van der Waals surface area contributed by atoms with Crippen LogP contribution >= 0.6 is 11.3 Å². The van der Waals surface area contributed by atoms with Crippen LogP contribution in [0.5, 0.6) is 0 Å². The molecule has 0 atom stereocenters. The van der Waals surface area contributed by atoms with Gasteiger partial charge in [0.25, 0.3) is 0 Å². The first-order valence-corrected chi connectivity index (χ1v) is 7.34. The third kappa shape index (κ3) is 7.09. The fourth-order valence-corrected chi connectivity index (χ4v) is 2.26. The minimum Gasteiger partial charge on any atom is -0.383 e. The lowest BCUT2D eigenvalue weighted by Gasteiger charge is -2.01. The molecule has 0 saturated heterocycles. The van der Waals surface area contributed by atoms with Gasteiger partial charge in [0.15, 0.2) is 11.1 Å². The number of nitrogens with one attached hydrogen (secondary N) is 1. The van der Waals surface area contributed by atoms with Crippen LogP contribution in [0.15, 0.2) is 10.4 Å². The number of hydrogen-bond donors (Lipinski definition) is 3. The number of thiazole rings is 1. The second kappa shape index (κ2) is 9.71. The zero-order valence-corrected chi connectivity index (χ0v) is 12.2. The molecule has 0 aliphatic rings. The van der Waals surface area contributed by atoms with Gasteiger partial charge in [0.2, 0.25) is 0 Å². The topological polar surface area (TPSA) is 98.5 Å². The van der Waals surface area contributed by atoms with Crippen molar-refractivity contribution in [3.05, 3.63) is 11.1 Å². The summed E-state index contributed by atoms with van der Waals surface area (Å²) in [6.07, 6.45) is 4.34. The van der Waals surface area contributed by atoms with Crippen molar-refractivity contribution in [1.29, 1.82) is 0 Å². The van der Waals surface area contributed by atoms with Crippen molar-refractivity contribution in [3.63, 3.8) is 0 Å². The average Bonchev–Trinajstić information content (AvgIpc) is 2.82. The largest absolute Gasteiger partial charge is 0.383 e. The summed E-state index contributed by atoms with van der Waals surface area (Å²) in [7, 11) is 1.64. The highest BCUT2D eigenvalue weighted by Crippen LogP contribution is 2.16. The van der Waals surface area contributed by atoms with Crippen LogP contribution in [0.3, 0.4) is 0 Å². The van der Waals surface area contributed by atoms with Gasteiger partial charge in [-0.15, -0.1) is 11.3 Å². The number of guanidine groups is 1. The van der Waals surface area contributed by atoms with Crippen LogP contribution in [0.2, 0.25) is 0 Å². The Hall–Kier alpha value is -1.18. The number of nitrogens with zero attached hydrogens (tertiary/aromatic N) is 2. The monoisotopic (exact) mass is 285 g/mol. The van der Waals surface area contributed by atoms with E-state index in [0.717, 1.165) is 43.1 Å². The number of rotatable bonds is 9. The third-order valence-corrected chi connectivity index (χ3v) is 3.31. The number of ether oxygens (including phenoxy) is 1. The van der Waals surface area contributed by atoms with Gasteiger partial charge in [-0.1, -0.05) is 6.42 Å². The standard InChI is InChI=1S/C12H23N5OS/c1-18-8-7-15-11(14)17-12-16-10(9-19-12)5-3-2-4-6-13/h9H,2-8,13H2,1H3,(H3,14,15,16,17). The normalized spacial score (nSPS) is 11.8. The van der Waals surface area contributed by atoms with E-state index in [1.165, 1.54) is 0 Å². The van der Waals surface area contributed by atoms with E-state index in [2.05, 4.69) is 15.3 Å². The molecule has 6 nitrogen and oxygen atoms in total. The van der Waals surface area contributed by atoms with Crippen molar-refractivity contribution < 1.29 is 4.74 Å². The highest BCUT2D eigenvalue weighted by molar-refractivity contribution is 7.13. The number of hydrogen-bond acceptors (Lipinski definition) is 5. The maximum atomic E-state index is 5.73. The zero-order valence-electron chi connectivity index (χ0n) is 11.4. The van der Waals surface area contributed by atoms with Crippen molar-refractivity contribution >= 4 is 22.4 Å². The van der Waals surface area contributed by atoms with Gasteiger partial charge in [0, 0.05) is 12.5 Å². The Morgan fingerprint density at radius 3 is 3.05 bits per heavy atom. The van der Waals surface area contributed by atoms with Crippen molar-refractivity contribution in [2.45, 2.75) is 25.7 Å². The van der Waals surface area contributed by atoms with Crippen LogP contribution in [0.1, 0.15) is 25.0 Å². The summed E-state index contributed by atoms with van der Waals surface area (Å²) in [6, 6.07) is 0. The van der Waals surface area contributed by atoms with E-state index < -0.39 is 0 Å². The molecule has 0 unspecified atom stereocenters. The van der Waals surface area contributed by atoms with E-state index >= 15 is 0 Å². The molecule has 0 fully saturated rings. The van der Waals surface area contributed by atoms with Gasteiger partial charge < -0.3 is 21.5 Å². The first kappa shape index (κ1) is 15.9. The minimum absolute atomic E-state index is 0.376. The first-order chi connectivity index (χ1) is 9.26. The molecule has 19 heavy (non-hydrogen) atoms. The van der Waals surface area contributed by atoms with E-state index in [9.17, 15) is 0 Å². The highest BCUT2D eigenvalue weighted by atomic mass is 32.1. The van der Waals surface area contributed by atoms with Crippen molar-refractivity contribution in [2.24, 2.45) is 16.5 Å². The van der Waals surface area contributed by atoms with E-state index in [1.54, 1.807) is 18.4 Å². The Morgan fingerprint density at radius 2 is 2.32 bits per heavy atom. The molecule has 0 aliphatic heterocycles. The van der Waals surface area contributed by atoms with Gasteiger partial charge in [-0.2, -0.15) is 0 Å². The fourth-order valence-electron chi connectivity index (χ4n) is 1.51. The first-order valence-electron chi connectivity index (χ1n) is 6.46. The number of aryl methyl sites for hydroxylation is 1. The molecular weight excluding hydrogens is 262 g/mol. The number of aliphatic imine (C=N–C) groups is 1. The number of unbranched alkanes of at least 4 members (excludes halogenated alkanes) is 2. The summed E-state index contributed by atoms with van der Waals surface area (Å²) in [5, 5.41) is 5.82. The van der Waals surface area contributed by atoms with E-state index in [1.807, 2.05) is 5.38 Å². The quantitative estimate of drug-likeness (QED) is 0.359. The lowest BCUT2D eigenvalue weighted by Crippen LogP contribution is -2.23. The highest BCUT2D eigenvalue weighted by Gasteiger charge is 2.02. The Bertz CT molecular complexity index is 380. The minimum atomic E-state index is 0.376. The predicted octanol–water partition coefficient (Wildman–Crippen LogP) is 1.19. The number of anilines is 1. The molecule has 0 saturated carbocycles. The van der Waals surface area contributed by atoms with Gasteiger partial charge in [-0.3, -0.25) is 4.99 Å². The fraction of sp³-hybridized carbons (Fsp3) is 0.667. The van der Waals surface area contributed by atoms with Crippen molar-refractivity contribution in [1.82, 2.24) is 4.98 Å². The summed E-state index contributed by atoms with van der Waals surface area (Å²) in [6.45, 7) is 1.87. The summed E-state index contributed by atoms with van der Waals surface area (Å²) < 4.78 is 4.90. The molecule has 1 aromatic rings. The van der Waals surface area contributed by atoms with Crippen LogP contribution in [0.4, 0.5) is 5.13 Å². The zero-order chi connectivity index (χ0) is 13.9. The van der Waals surface area contributed by atoms with E-state index in [-0.39, 0.29) is 0 Å². The molecule has 1 rings (SSSR count). The molecule has 0 bridgehead atoms. The van der Waals surface area contributed by atoms with Crippen molar-refractivity contribution in [2.75, 3.05) is 32.1 Å². The van der Waals surface area contributed by atoms with Crippen LogP contribution < -0.4 is 16.8 Å². The van der Waals surface area contributed by atoms with Crippen molar-refractivity contribution in [3.8, 4) is 0 Å². The average molecular weight is 285 g/mol. The van der Waals surface area contributed by atoms with Crippen LogP contribution in [-0.2, 0) is 11.2 Å². The molecule has 0 aromatic carbocycles. The van der Waals surface area contributed by atoms with E-state index in [4.69, 9.17) is 16.2 Å². The second-order valence-corrected chi connectivity index (χ2v) is 4.99. The summed E-state index contributed by atoms with van der Waals surface area (Å²) in [5.41, 5.74) is 12.3. The molecule has 1 heterocycles. The number of nitrogens with two attached hydrogens (primary N) is 2. The third-order valence-electron chi connectivity index (χ3n) is 2.50. The Balaban J connectivity index is 2.31. The SMILES string of the molecule is COCCN=C(N)Nc1nc(CCCCCN)cs1. The molecule has 0 spiro atoms. The van der Waals surface area contributed by atoms with Gasteiger partial charge in [0.05, 0.1) is 18.8 Å². The van der Waals surface area contributed by atoms with Gasteiger partial charge in [-0.05, 0) is 25.8 Å². The Kier molecular flexibility index (Phi) is 8.11. The maximum Gasteiger partial charge on any atom is 0.195 e. The summed E-state index contributed by atoms with van der Waals surface area (Å²) in [4.78, 5) is 8.58. The molecule has 0 amide bonds. The summed E-state index contributed by atoms with van der Waals surface area (Å²) in [5.74, 6) is 0.376. The maximum absolute atomic E-state index is 5.73. The smallest absolute Gasteiger partial charge is 0.195 e. The molecular formula is C12H23N5OS. The van der Waals surface area contributed by atoms with E-state index in [0.29, 0.717) is 19.1 Å². The lowest BCUT2D eigenvalue weighted by atomic mass is 10.2. The molecule has 0 aliphatic carbocycles. The van der Waals surface area contributed by atoms with Gasteiger partial charge in [0.1, 0.15) is 0 Å².